The summed E-state index contributed by atoms with van der Waals surface area (Å²) in [6, 6.07) is 0. The number of rotatable bonds is 2. The Morgan fingerprint density at radius 3 is 1.35 bits per heavy atom. The molecule has 0 aliphatic heterocycles. The van der Waals surface area contributed by atoms with Crippen molar-refractivity contribution in [3.63, 3.8) is 0 Å². The molecule has 0 unspecified atom stereocenters. The van der Waals surface area contributed by atoms with Crippen LogP contribution >= 0.6 is 11.8 Å². The maximum Gasteiger partial charge on any atom is 0.0741 e. The molecule has 0 radical (unpaired) electrons. The van der Waals surface area contributed by atoms with Crippen LogP contribution in [0.3, 0.4) is 0 Å². The van der Waals surface area contributed by atoms with E-state index in [0.717, 1.165) is 37.5 Å². The maximum absolute atomic E-state index is 11.0. The molecule has 132 valence electrons. The topological polar surface area (TPSA) is 40.5 Å². The van der Waals surface area contributed by atoms with Gasteiger partial charge in [0, 0.05) is 10.5 Å². The lowest BCUT2D eigenvalue weighted by Gasteiger charge is -2.43. The van der Waals surface area contributed by atoms with Crippen molar-refractivity contribution in [3.05, 3.63) is 0 Å². The summed E-state index contributed by atoms with van der Waals surface area (Å²) in [7, 11) is 0. The molecule has 0 aromatic carbocycles. The van der Waals surface area contributed by atoms with Crippen molar-refractivity contribution in [1.29, 1.82) is 0 Å². The van der Waals surface area contributed by atoms with Crippen LogP contribution in [0.15, 0.2) is 0 Å². The fourth-order valence-electron chi connectivity index (χ4n) is 6.19. The van der Waals surface area contributed by atoms with E-state index in [1.807, 2.05) is 25.6 Å². The minimum Gasteiger partial charge on any atom is -0.389 e. The molecule has 0 spiro atoms. The SMILES string of the molecule is CC1(C)[C@@H]2C[C@](C)(O)[C@@H](S[C@H]3C[C@H]4[C@@H](C[C@]3(C)O)C4(C)C)C[C@@H]21. The van der Waals surface area contributed by atoms with E-state index in [1.165, 1.54) is 0 Å². The zero-order valence-corrected chi connectivity index (χ0v) is 16.4. The van der Waals surface area contributed by atoms with E-state index >= 15 is 0 Å². The van der Waals surface area contributed by atoms with Gasteiger partial charge in [-0.25, -0.2) is 0 Å². The van der Waals surface area contributed by atoms with Gasteiger partial charge in [0.1, 0.15) is 0 Å². The van der Waals surface area contributed by atoms with E-state index in [1.54, 1.807) is 0 Å². The molecule has 4 rings (SSSR count). The Labute approximate surface area is 145 Å². The Bertz CT molecular complexity index is 476. The first kappa shape index (κ1) is 16.7. The molecule has 0 aromatic rings. The maximum atomic E-state index is 11.0. The summed E-state index contributed by atoms with van der Waals surface area (Å²) in [6.45, 7) is 13.5. The summed E-state index contributed by atoms with van der Waals surface area (Å²) in [5, 5.41) is 22.6. The largest absolute Gasteiger partial charge is 0.389 e. The second-order valence-corrected chi connectivity index (χ2v) is 12.2. The Kier molecular flexibility index (Phi) is 3.28. The van der Waals surface area contributed by atoms with Gasteiger partial charge < -0.3 is 10.2 Å². The van der Waals surface area contributed by atoms with Gasteiger partial charge in [-0.3, -0.25) is 0 Å². The highest BCUT2D eigenvalue weighted by Gasteiger charge is 2.66. The van der Waals surface area contributed by atoms with Gasteiger partial charge in [0.25, 0.3) is 0 Å². The van der Waals surface area contributed by atoms with Crippen LogP contribution in [0.5, 0.6) is 0 Å². The predicted molar refractivity (Wildman–Crippen MR) is 96.4 cm³/mol. The van der Waals surface area contributed by atoms with Crippen LogP contribution in [0.25, 0.3) is 0 Å². The number of fused-ring (bicyclic) bond motifs is 2. The van der Waals surface area contributed by atoms with Gasteiger partial charge >= 0.3 is 0 Å². The smallest absolute Gasteiger partial charge is 0.0741 e. The monoisotopic (exact) mass is 338 g/mol. The molecule has 0 heterocycles. The van der Waals surface area contributed by atoms with Gasteiger partial charge in [0.05, 0.1) is 11.2 Å². The molecular formula is C20H34O2S. The van der Waals surface area contributed by atoms with E-state index in [2.05, 4.69) is 27.7 Å². The molecule has 3 heteroatoms. The van der Waals surface area contributed by atoms with Gasteiger partial charge in [-0.2, -0.15) is 0 Å². The van der Waals surface area contributed by atoms with Crippen molar-refractivity contribution in [2.75, 3.05) is 0 Å². The number of hydrogen-bond acceptors (Lipinski definition) is 3. The van der Waals surface area contributed by atoms with Gasteiger partial charge in [0.2, 0.25) is 0 Å². The fourth-order valence-corrected chi connectivity index (χ4v) is 8.00. The quantitative estimate of drug-likeness (QED) is 0.797. The summed E-state index contributed by atoms with van der Waals surface area (Å²) in [6.07, 6.45) is 4.13. The van der Waals surface area contributed by atoms with Crippen LogP contribution in [0, 0.1) is 34.5 Å². The van der Waals surface area contributed by atoms with Crippen LogP contribution in [-0.4, -0.2) is 31.9 Å². The molecule has 4 aliphatic rings. The molecule has 0 saturated heterocycles. The molecule has 8 atom stereocenters. The van der Waals surface area contributed by atoms with Crippen LogP contribution in [0.1, 0.15) is 67.2 Å². The highest BCUT2D eigenvalue weighted by molar-refractivity contribution is 8.00. The van der Waals surface area contributed by atoms with Gasteiger partial charge in [-0.1, -0.05) is 27.7 Å². The van der Waals surface area contributed by atoms with Gasteiger partial charge in [0.15, 0.2) is 0 Å². The van der Waals surface area contributed by atoms with E-state index in [-0.39, 0.29) is 10.5 Å². The molecule has 4 fully saturated rings. The normalized spacial score (nSPS) is 59.0. The lowest BCUT2D eigenvalue weighted by Crippen LogP contribution is -2.47. The average molecular weight is 339 g/mol. The molecule has 0 aromatic heterocycles. The average Bonchev–Trinajstić information content (AvgIpc) is 3.10. The first-order valence-corrected chi connectivity index (χ1v) is 10.4. The Hall–Kier alpha value is 0.270. The summed E-state index contributed by atoms with van der Waals surface area (Å²) in [5.41, 5.74) is -0.326. The Balaban J connectivity index is 1.49. The van der Waals surface area contributed by atoms with Crippen LogP contribution in [0.4, 0.5) is 0 Å². The molecule has 2 N–H and O–H groups in total. The van der Waals surface area contributed by atoms with E-state index < -0.39 is 11.2 Å². The zero-order chi connectivity index (χ0) is 17.0. The first-order valence-electron chi connectivity index (χ1n) is 9.47. The molecule has 4 saturated carbocycles. The van der Waals surface area contributed by atoms with Gasteiger partial charge in [-0.15, -0.1) is 11.8 Å². The first-order chi connectivity index (χ1) is 10.4. The lowest BCUT2D eigenvalue weighted by molar-refractivity contribution is 0.0154. The van der Waals surface area contributed by atoms with Gasteiger partial charge in [-0.05, 0) is 74.0 Å². The van der Waals surface area contributed by atoms with Crippen molar-refractivity contribution in [1.82, 2.24) is 0 Å². The van der Waals surface area contributed by atoms with Crippen LogP contribution < -0.4 is 0 Å². The van der Waals surface area contributed by atoms with E-state index in [0.29, 0.717) is 22.7 Å². The third-order valence-electron chi connectivity index (χ3n) is 8.49. The highest BCUT2D eigenvalue weighted by atomic mass is 32.2. The van der Waals surface area contributed by atoms with E-state index in [4.69, 9.17) is 0 Å². The van der Waals surface area contributed by atoms with Crippen molar-refractivity contribution in [2.45, 2.75) is 88.9 Å². The minimum absolute atomic E-state index is 0.278. The minimum atomic E-state index is -0.578. The number of thioether (sulfide) groups is 1. The zero-order valence-electron chi connectivity index (χ0n) is 15.6. The molecule has 23 heavy (non-hydrogen) atoms. The van der Waals surface area contributed by atoms with Crippen molar-refractivity contribution in [2.24, 2.45) is 34.5 Å². The summed E-state index contributed by atoms with van der Waals surface area (Å²) in [4.78, 5) is 0. The standard InChI is InChI=1S/C20H34O2S/c1-17(2)11-7-15(19(5,21)9-13(11)17)23-16-8-12-14(18(12,3)4)10-20(16,6)22/h11-16,21-22H,7-10H2,1-6H3/t11-,12-,13+,14+,15-,16-,19-,20-/m0/s1. The molecule has 2 nitrogen and oxygen atoms in total. The lowest BCUT2D eigenvalue weighted by atomic mass is 9.85. The third kappa shape index (κ3) is 2.36. The summed E-state index contributed by atoms with van der Waals surface area (Å²) >= 11 is 1.92. The van der Waals surface area contributed by atoms with E-state index in [9.17, 15) is 10.2 Å². The van der Waals surface area contributed by atoms with Crippen LogP contribution in [0.2, 0.25) is 0 Å². The summed E-state index contributed by atoms with van der Waals surface area (Å²) in [5.74, 6) is 2.96. The Morgan fingerprint density at radius 2 is 1.00 bits per heavy atom. The number of hydrogen-bond donors (Lipinski definition) is 2. The molecule has 0 amide bonds. The second-order valence-electron chi connectivity index (χ2n) is 10.8. The second kappa shape index (κ2) is 4.51. The molecular weight excluding hydrogens is 304 g/mol. The number of aliphatic hydroxyl groups is 2. The third-order valence-corrected chi connectivity index (χ3v) is 10.6. The highest BCUT2D eigenvalue weighted by Crippen LogP contribution is 2.70. The molecule has 4 aliphatic carbocycles. The van der Waals surface area contributed by atoms with Crippen LogP contribution in [-0.2, 0) is 0 Å². The Morgan fingerprint density at radius 1 is 0.652 bits per heavy atom. The fraction of sp³-hybridized carbons (Fsp3) is 1.00. The summed E-state index contributed by atoms with van der Waals surface area (Å²) < 4.78 is 0. The molecule has 0 bridgehead atoms. The predicted octanol–water partition coefficient (Wildman–Crippen LogP) is 4.09. The van der Waals surface area contributed by atoms with Crippen molar-refractivity contribution >= 4 is 11.8 Å². The van der Waals surface area contributed by atoms with Crippen molar-refractivity contribution in [3.8, 4) is 0 Å². The van der Waals surface area contributed by atoms with Crippen molar-refractivity contribution < 1.29 is 10.2 Å².